The minimum atomic E-state index is -0.173. The Morgan fingerprint density at radius 1 is 1.04 bits per heavy atom. The topological polar surface area (TPSA) is 8.17 Å². The van der Waals surface area contributed by atoms with Crippen LogP contribution in [0.4, 0.5) is 4.39 Å². The lowest BCUT2D eigenvalue weighted by Gasteiger charge is -2.38. The second-order valence-electron chi connectivity index (χ2n) is 8.65. The Bertz CT molecular complexity index is 961. The molecule has 1 aromatic heterocycles. The molecule has 0 fully saturated rings. The number of fused-ring (bicyclic) bond motifs is 3. The van der Waals surface area contributed by atoms with Gasteiger partial charge in [0.2, 0.25) is 0 Å². The highest BCUT2D eigenvalue weighted by Crippen LogP contribution is 2.35. The van der Waals surface area contributed by atoms with Crippen molar-refractivity contribution in [1.29, 1.82) is 0 Å². The second-order valence-corrected chi connectivity index (χ2v) is 8.65. The first kappa shape index (κ1) is 18.2. The number of hydrogen-bond acceptors (Lipinski definition) is 1. The van der Waals surface area contributed by atoms with Crippen LogP contribution in [0, 0.1) is 5.82 Å². The Labute approximate surface area is 161 Å². The van der Waals surface area contributed by atoms with E-state index in [1.54, 1.807) is 12.1 Å². The van der Waals surface area contributed by atoms with Gasteiger partial charge in [-0.3, -0.25) is 4.90 Å². The van der Waals surface area contributed by atoms with Gasteiger partial charge in [-0.05, 0) is 56.0 Å². The van der Waals surface area contributed by atoms with Gasteiger partial charge in [-0.15, -0.1) is 0 Å². The molecule has 0 spiro atoms. The molecule has 4 rings (SSSR count). The van der Waals surface area contributed by atoms with Gasteiger partial charge >= 0.3 is 0 Å². The molecule has 2 heterocycles. The third kappa shape index (κ3) is 3.29. The number of hydrogen-bond donors (Lipinski definition) is 0. The van der Waals surface area contributed by atoms with Crippen LogP contribution in [0.15, 0.2) is 42.5 Å². The fourth-order valence-electron chi connectivity index (χ4n) is 4.38. The van der Waals surface area contributed by atoms with Crippen molar-refractivity contribution in [2.24, 2.45) is 0 Å². The van der Waals surface area contributed by atoms with Gasteiger partial charge in [0.1, 0.15) is 5.82 Å². The molecular weight excluding hydrogens is 335 g/mol. The summed E-state index contributed by atoms with van der Waals surface area (Å²) in [7, 11) is 0. The molecule has 0 saturated carbocycles. The van der Waals surface area contributed by atoms with E-state index in [1.807, 2.05) is 12.1 Å². The predicted octanol–water partition coefficient (Wildman–Crippen LogP) is 5.55. The van der Waals surface area contributed by atoms with E-state index >= 15 is 0 Å². The maximum atomic E-state index is 13.4. The highest BCUT2D eigenvalue weighted by atomic mass is 19.1. The molecular formula is C24H29FN2. The smallest absolute Gasteiger partial charge is 0.123 e. The van der Waals surface area contributed by atoms with Crippen LogP contribution >= 0.6 is 0 Å². The van der Waals surface area contributed by atoms with Gasteiger partial charge in [0.05, 0.1) is 5.52 Å². The van der Waals surface area contributed by atoms with Crippen molar-refractivity contribution >= 4 is 10.9 Å². The Balaban J connectivity index is 1.86. The standard InChI is InChI=1S/C24H29FN2/c1-5-18-7-6-8-20-21-16-26(24(2,3)4)14-13-22(21)27(23(18)20)15-17-9-11-19(25)12-10-17/h6-12H,5,13-16H2,1-4H3. The van der Waals surface area contributed by atoms with E-state index < -0.39 is 0 Å². The van der Waals surface area contributed by atoms with Crippen molar-refractivity contribution < 1.29 is 4.39 Å². The quantitative estimate of drug-likeness (QED) is 0.592. The number of rotatable bonds is 3. The fraction of sp³-hybridized carbons (Fsp3) is 0.417. The summed E-state index contributed by atoms with van der Waals surface area (Å²) >= 11 is 0. The van der Waals surface area contributed by atoms with Crippen molar-refractivity contribution in [3.8, 4) is 0 Å². The molecule has 2 nitrogen and oxygen atoms in total. The van der Waals surface area contributed by atoms with Crippen LogP contribution in [0.5, 0.6) is 0 Å². The third-order valence-corrected chi connectivity index (χ3v) is 5.94. The van der Waals surface area contributed by atoms with Gasteiger partial charge in [-0.2, -0.15) is 0 Å². The average Bonchev–Trinajstić information content (AvgIpc) is 2.96. The van der Waals surface area contributed by atoms with Crippen LogP contribution in [0.2, 0.25) is 0 Å². The normalized spacial score (nSPS) is 15.3. The first-order valence-electron chi connectivity index (χ1n) is 10.00. The average molecular weight is 365 g/mol. The summed E-state index contributed by atoms with van der Waals surface area (Å²) in [6.07, 6.45) is 2.08. The molecule has 0 aliphatic carbocycles. The highest BCUT2D eigenvalue weighted by Gasteiger charge is 2.30. The highest BCUT2D eigenvalue weighted by molar-refractivity contribution is 5.88. The molecule has 3 aromatic rings. The number of aryl methyl sites for hydroxylation is 1. The lowest BCUT2D eigenvalue weighted by molar-refractivity contribution is 0.120. The molecule has 0 N–H and O–H groups in total. The molecule has 0 atom stereocenters. The molecule has 0 saturated heterocycles. The van der Waals surface area contributed by atoms with E-state index in [-0.39, 0.29) is 11.4 Å². The zero-order chi connectivity index (χ0) is 19.2. The van der Waals surface area contributed by atoms with Crippen molar-refractivity contribution in [2.75, 3.05) is 6.54 Å². The van der Waals surface area contributed by atoms with Crippen molar-refractivity contribution in [3.63, 3.8) is 0 Å². The molecule has 0 radical (unpaired) electrons. The third-order valence-electron chi connectivity index (χ3n) is 5.94. The van der Waals surface area contributed by atoms with Crippen molar-refractivity contribution in [2.45, 2.75) is 59.2 Å². The SMILES string of the molecule is CCc1cccc2c3c(n(Cc4ccc(F)cc4)c12)CCN(C(C)(C)C)C3. The van der Waals surface area contributed by atoms with Crippen molar-refractivity contribution in [3.05, 3.63) is 70.7 Å². The number of nitrogens with zero attached hydrogens (tertiary/aromatic N) is 2. The van der Waals surface area contributed by atoms with E-state index in [0.29, 0.717) is 0 Å². The largest absolute Gasteiger partial charge is 0.340 e. The lowest BCUT2D eigenvalue weighted by atomic mass is 9.97. The van der Waals surface area contributed by atoms with Crippen LogP contribution in [0.25, 0.3) is 10.9 Å². The minimum Gasteiger partial charge on any atom is -0.340 e. The van der Waals surface area contributed by atoms with Crippen LogP contribution in [-0.4, -0.2) is 21.6 Å². The minimum absolute atomic E-state index is 0.172. The summed E-state index contributed by atoms with van der Waals surface area (Å²) in [5.41, 5.74) is 7.02. The first-order valence-corrected chi connectivity index (χ1v) is 10.00. The molecule has 0 unspecified atom stereocenters. The zero-order valence-corrected chi connectivity index (χ0v) is 16.8. The molecule has 3 heteroatoms. The maximum Gasteiger partial charge on any atom is 0.123 e. The lowest BCUT2D eigenvalue weighted by Crippen LogP contribution is -2.44. The van der Waals surface area contributed by atoms with Crippen LogP contribution in [0.1, 0.15) is 50.1 Å². The Morgan fingerprint density at radius 3 is 2.44 bits per heavy atom. The van der Waals surface area contributed by atoms with Crippen LogP contribution in [-0.2, 0) is 25.9 Å². The van der Waals surface area contributed by atoms with Gasteiger partial charge in [0, 0.05) is 42.7 Å². The van der Waals surface area contributed by atoms with Crippen LogP contribution < -0.4 is 0 Å². The van der Waals surface area contributed by atoms with E-state index in [9.17, 15) is 4.39 Å². The van der Waals surface area contributed by atoms with E-state index in [2.05, 4.69) is 55.4 Å². The fourth-order valence-corrected chi connectivity index (χ4v) is 4.38. The molecule has 27 heavy (non-hydrogen) atoms. The summed E-state index contributed by atoms with van der Waals surface area (Å²) in [4.78, 5) is 2.58. The van der Waals surface area contributed by atoms with Gasteiger partial charge < -0.3 is 4.57 Å². The van der Waals surface area contributed by atoms with Gasteiger partial charge in [0.15, 0.2) is 0 Å². The van der Waals surface area contributed by atoms with E-state index in [4.69, 9.17) is 0 Å². The van der Waals surface area contributed by atoms with E-state index in [1.165, 1.54) is 27.7 Å². The predicted molar refractivity (Wildman–Crippen MR) is 111 cm³/mol. The molecule has 1 aliphatic rings. The van der Waals surface area contributed by atoms with Crippen LogP contribution in [0.3, 0.4) is 0 Å². The summed E-state index contributed by atoms with van der Waals surface area (Å²) in [6, 6.07) is 13.7. The second kappa shape index (κ2) is 6.79. The molecule has 2 aromatic carbocycles. The summed E-state index contributed by atoms with van der Waals surface area (Å²) in [5, 5.41) is 1.39. The van der Waals surface area contributed by atoms with E-state index in [0.717, 1.165) is 38.0 Å². The summed E-state index contributed by atoms with van der Waals surface area (Å²) in [5.74, 6) is -0.173. The number of para-hydroxylation sites is 1. The first-order chi connectivity index (χ1) is 12.9. The molecule has 142 valence electrons. The molecule has 1 aliphatic heterocycles. The number of aromatic nitrogens is 1. The number of benzene rings is 2. The van der Waals surface area contributed by atoms with Crippen molar-refractivity contribution in [1.82, 2.24) is 9.47 Å². The Morgan fingerprint density at radius 2 is 1.78 bits per heavy atom. The van der Waals surface area contributed by atoms with Gasteiger partial charge in [-0.25, -0.2) is 4.39 Å². The monoisotopic (exact) mass is 364 g/mol. The molecule has 0 bridgehead atoms. The Hall–Kier alpha value is -2.13. The van der Waals surface area contributed by atoms with Gasteiger partial charge in [-0.1, -0.05) is 37.3 Å². The number of halogens is 1. The Kier molecular flexibility index (Phi) is 4.59. The zero-order valence-electron chi connectivity index (χ0n) is 16.8. The summed E-state index contributed by atoms with van der Waals surface area (Å²) in [6.45, 7) is 12.0. The molecule has 0 amide bonds. The maximum absolute atomic E-state index is 13.4. The summed E-state index contributed by atoms with van der Waals surface area (Å²) < 4.78 is 15.8. The van der Waals surface area contributed by atoms with Gasteiger partial charge in [0.25, 0.3) is 0 Å².